The Hall–Kier alpha value is -1.96. The van der Waals surface area contributed by atoms with Crippen molar-refractivity contribution in [2.24, 2.45) is 23.2 Å². The molecule has 2 aliphatic carbocycles. The van der Waals surface area contributed by atoms with Gasteiger partial charge < -0.3 is 19.3 Å². The Balaban J connectivity index is 2.73. The monoisotopic (exact) mass is 342 g/mol. The molecule has 0 aromatic rings. The first kappa shape index (κ1) is 18.4. The Kier molecular flexibility index (Phi) is 4.72. The molecule has 2 fully saturated rings. The molecule has 2 rings (SSSR count). The Labute approximate surface area is 139 Å². The van der Waals surface area contributed by atoms with Crippen LogP contribution in [0.25, 0.3) is 0 Å². The molecule has 8 nitrogen and oxygen atoms in total. The Morgan fingerprint density at radius 2 is 1.67 bits per heavy atom. The van der Waals surface area contributed by atoms with Gasteiger partial charge in [0.2, 0.25) is 0 Å². The van der Waals surface area contributed by atoms with Gasteiger partial charge in [-0.1, -0.05) is 6.92 Å². The molecule has 0 heterocycles. The van der Waals surface area contributed by atoms with Crippen LogP contribution in [0.2, 0.25) is 0 Å². The second kappa shape index (κ2) is 6.16. The van der Waals surface area contributed by atoms with E-state index in [2.05, 4.69) is 0 Å². The van der Waals surface area contributed by atoms with E-state index in [0.29, 0.717) is 0 Å². The molecule has 1 N–H and O–H groups in total. The van der Waals surface area contributed by atoms with E-state index < -0.39 is 46.7 Å². The van der Waals surface area contributed by atoms with Gasteiger partial charge in [-0.25, -0.2) is 0 Å². The number of hydrogen-bond donors (Lipinski definition) is 1. The van der Waals surface area contributed by atoms with E-state index in [-0.39, 0.29) is 25.0 Å². The average molecular weight is 342 g/mol. The first-order valence-corrected chi connectivity index (χ1v) is 7.69. The number of esters is 3. The predicted octanol–water partition coefficient (Wildman–Crippen LogP) is -0.142. The van der Waals surface area contributed by atoms with Crippen molar-refractivity contribution in [3.8, 4) is 0 Å². The molecule has 0 saturated heterocycles. The summed E-state index contributed by atoms with van der Waals surface area (Å²) in [6.07, 6.45) is -0.414. The second-order valence-electron chi connectivity index (χ2n) is 6.44. The Morgan fingerprint density at radius 3 is 2.17 bits per heavy atom. The van der Waals surface area contributed by atoms with Gasteiger partial charge in [0, 0.05) is 18.8 Å². The van der Waals surface area contributed by atoms with Crippen molar-refractivity contribution in [2.75, 3.05) is 21.3 Å². The van der Waals surface area contributed by atoms with E-state index in [0.717, 1.165) is 21.3 Å². The van der Waals surface area contributed by atoms with E-state index in [1.165, 1.54) is 6.92 Å². The molecule has 0 amide bonds. The third-order valence-electron chi connectivity index (χ3n) is 5.70. The number of ether oxygens (including phenoxy) is 3. The largest absolute Gasteiger partial charge is 0.469 e. The quantitative estimate of drug-likeness (QED) is 0.556. The van der Waals surface area contributed by atoms with Crippen LogP contribution in [0.1, 0.15) is 26.2 Å². The molecule has 134 valence electrons. The molecular formula is C16H22O8. The zero-order valence-electron chi connectivity index (χ0n) is 14.2. The molecule has 24 heavy (non-hydrogen) atoms. The second-order valence-corrected chi connectivity index (χ2v) is 6.44. The highest BCUT2D eigenvalue weighted by molar-refractivity contribution is 5.95. The van der Waals surface area contributed by atoms with Crippen molar-refractivity contribution in [3.63, 3.8) is 0 Å². The van der Waals surface area contributed by atoms with Gasteiger partial charge >= 0.3 is 17.9 Å². The predicted molar refractivity (Wildman–Crippen MR) is 78.4 cm³/mol. The molecule has 5 atom stereocenters. The molecule has 2 aliphatic rings. The lowest BCUT2D eigenvalue weighted by molar-refractivity contribution is -0.192. The van der Waals surface area contributed by atoms with Crippen LogP contribution in [0.5, 0.6) is 0 Å². The Morgan fingerprint density at radius 1 is 1.08 bits per heavy atom. The average Bonchev–Trinajstić information content (AvgIpc) is 2.77. The Bertz CT molecular complexity index is 585. The minimum absolute atomic E-state index is 0.00547. The molecule has 0 bridgehead atoms. The van der Waals surface area contributed by atoms with Crippen LogP contribution in [-0.2, 0) is 33.4 Å². The molecule has 0 radical (unpaired) electrons. The highest BCUT2D eigenvalue weighted by atomic mass is 16.5. The third-order valence-corrected chi connectivity index (χ3v) is 5.70. The van der Waals surface area contributed by atoms with Crippen molar-refractivity contribution in [2.45, 2.75) is 31.8 Å². The number of aliphatic hydroxyl groups is 1. The molecule has 8 heteroatoms. The van der Waals surface area contributed by atoms with Crippen LogP contribution in [0.4, 0.5) is 0 Å². The zero-order chi connectivity index (χ0) is 18.3. The minimum atomic E-state index is -1.88. The van der Waals surface area contributed by atoms with Crippen molar-refractivity contribution in [3.05, 3.63) is 0 Å². The number of rotatable bonds is 3. The van der Waals surface area contributed by atoms with E-state index in [1.807, 2.05) is 0 Å². The summed E-state index contributed by atoms with van der Waals surface area (Å²) in [7, 11) is 3.43. The summed E-state index contributed by atoms with van der Waals surface area (Å²) < 4.78 is 14.4. The summed E-state index contributed by atoms with van der Waals surface area (Å²) in [5.74, 6) is -5.88. The summed E-state index contributed by atoms with van der Waals surface area (Å²) in [4.78, 5) is 49.4. The number of fused-ring (bicyclic) bond motifs is 1. The molecule has 0 aromatic carbocycles. The van der Waals surface area contributed by atoms with Gasteiger partial charge in [0.1, 0.15) is 11.2 Å². The van der Waals surface area contributed by atoms with Crippen LogP contribution in [0, 0.1) is 23.2 Å². The van der Waals surface area contributed by atoms with Gasteiger partial charge in [-0.05, 0) is 6.42 Å². The van der Waals surface area contributed by atoms with Crippen molar-refractivity contribution in [1.82, 2.24) is 0 Å². The van der Waals surface area contributed by atoms with E-state index in [1.54, 1.807) is 0 Å². The third kappa shape index (κ3) is 2.16. The van der Waals surface area contributed by atoms with Crippen molar-refractivity contribution < 1.29 is 38.5 Å². The van der Waals surface area contributed by atoms with E-state index in [4.69, 9.17) is 14.2 Å². The van der Waals surface area contributed by atoms with E-state index >= 15 is 0 Å². The van der Waals surface area contributed by atoms with Crippen LogP contribution in [0.3, 0.4) is 0 Å². The fourth-order valence-electron chi connectivity index (χ4n) is 4.52. The fourth-order valence-corrected chi connectivity index (χ4v) is 4.52. The van der Waals surface area contributed by atoms with Gasteiger partial charge in [0.25, 0.3) is 0 Å². The molecule has 0 aromatic heterocycles. The van der Waals surface area contributed by atoms with E-state index in [9.17, 15) is 24.3 Å². The fraction of sp³-hybridized carbons (Fsp3) is 0.750. The lowest BCUT2D eigenvalue weighted by Gasteiger charge is -2.46. The first-order chi connectivity index (χ1) is 11.2. The molecule has 0 aliphatic heterocycles. The zero-order valence-corrected chi connectivity index (χ0v) is 14.2. The summed E-state index contributed by atoms with van der Waals surface area (Å²) in [6.45, 7) is 1.53. The van der Waals surface area contributed by atoms with Gasteiger partial charge in [-0.2, -0.15) is 0 Å². The van der Waals surface area contributed by atoms with Crippen LogP contribution >= 0.6 is 0 Å². The smallest absolute Gasteiger partial charge is 0.315 e. The van der Waals surface area contributed by atoms with Gasteiger partial charge in [0.15, 0.2) is 0 Å². The number of Topliss-reactive ketones (excluding diaryl/α,β-unsaturated/α-hetero) is 1. The lowest BCUT2D eigenvalue weighted by atomic mass is 9.59. The molecule has 5 unspecified atom stereocenters. The molecule has 2 saturated carbocycles. The van der Waals surface area contributed by atoms with Crippen LogP contribution in [-0.4, -0.2) is 55.7 Å². The topological polar surface area (TPSA) is 116 Å². The molecular weight excluding hydrogens is 320 g/mol. The standard InChI is InChI=1S/C16H22O8/c1-8-10(12(18)22-2)11(13(19)23-3)15(14(20)24-4)6-5-9(17)7-16(8,15)21/h8,10-11,21H,5-7H2,1-4H3. The number of carbonyl (C=O) groups is 4. The normalized spacial score (nSPS) is 38.2. The number of hydrogen-bond acceptors (Lipinski definition) is 8. The lowest BCUT2D eigenvalue weighted by Crippen LogP contribution is -2.59. The summed E-state index contributed by atoms with van der Waals surface area (Å²) >= 11 is 0. The highest BCUT2D eigenvalue weighted by Gasteiger charge is 2.76. The van der Waals surface area contributed by atoms with Gasteiger partial charge in [0.05, 0.1) is 38.8 Å². The van der Waals surface area contributed by atoms with Crippen LogP contribution < -0.4 is 0 Å². The number of methoxy groups -OCH3 is 3. The van der Waals surface area contributed by atoms with Gasteiger partial charge in [-0.3, -0.25) is 19.2 Å². The summed E-state index contributed by atoms with van der Waals surface area (Å²) in [5.41, 5.74) is -3.60. The highest BCUT2D eigenvalue weighted by Crippen LogP contribution is 2.63. The maximum absolute atomic E-state index is 12.7. The maximum atomic E-state index is 12.7. The number of ketones is 1. The summed E-state index contributed by atoms with van der Waals surface area (Å²) in [6, 6.07) is 0. The molecule has 0 spiro atoms. The maximum Gasteiger partial charge on any atom is 0.315 e. The van der Waals surface area contributed by atoms with Gasteiger partial charge in [-0.15, -0.1) is 0 Å². The van der Waals surface area contributed by atoms with Crippen molar-refractivity contribution in [1.29, 1.82) is 0 Å². The van der Waals surface area contributed by atoms with Crippen molar-refractivity contribution >= 4 is 23.7 Å². The first-order valence-electron chi connectivity index (χ1n) is 7.69. The summed E-state index contributed by atoms with van der Waals surface area (Å²) in [5, 5.41) is 11.3. The van der Waals surface area contributed by atoms with Crippen LogP contribution in [0.15, 0.2) is 0 Å². The minimum Gasteiger partial charge on any atom is -0.469 e. The SMILES string of the molecule is COC(=O)C1C(C)C2(O)CC(=O)CCC2(C(=O)OC)C1C(=O)OC. The number of carbonyl (C=O) groups excluding carboxylic acids is 4.